The Labute approximate surface area is 137 Å². The van der Waals surface area contributed by atoms with E-state index in [1.165, 1.54) is 18.2 Å². The number of esters is 1. The zero-order valence-electron chi connectivity index (χ0n) is 13.1. The van der Waals surface area contributed by atoms with Crippen molar-refractivity contribution in [1.82, 2.24) is 0 Å². The van der Waals surface area contributed by atoms with Crippen LogP contribution in [0, 0.1) is 0 Å². The van der Waals surface area contributed by atoms with Crippen molar-refractivity contribution in [3.63, 3.8) is 0 Å². The third-order valence-electron chi connectivity index (χ3n) is 3.91. The standard InChI is InChI=1S/C17H17F3O4/c1-23-16(17(18,19)20,13-5-3-2-4-6-13)15(22)24-11-12-7-9-14(21)10-8-12/h2-7H,8-11H2,1H3/t16-/m0/s1. The van der Waals surface area contributed by atoms with Crippen LogP contribution in [0.1, 0.15) is 24.8 Å². The van der Waals surface area contributed by atoms with Crippen LogP contribution in [-0.4, -0.2) is 31.6 Å². The average molecular weight is 342 g/mol. The molecule has 0 saturated carbocycles. The molecule has 130 valence electrons. The van der Waals surface area contributed by atoms with Crippen molar-refractivity contribution in [3.05, 3.63) is 47.5 Å². The van der Waals surface area contributed by atoms with Gasteiger partial charge in [0.2, 0.25) is 0 Å². The molecule has 24 heavy (non-hydrogen) atoms. The van der Waals surface area contributed by atoms with Crippen molar-refractivity contribution in [1.29, 1.82) is 0 Å². The highest BCUT2D eigenvalue weighted by Crippen LogP contribution is 2.43. The number of methoxy groups -OCH3 is 1. The second-order valence-corrected chi connectivity index (χ2v) is 5.43. The minimum Gasteiger partial charge on any atom is -0.459 e. The number of halogens is 3. The molecule has 2 rings (SSSR count). The van der Waals surface area contributed by atoms with Gasteiger partial charge in [-0.3, -0.25) is 4.79 Å². The maximum absolute atomic E-state index is 13.6. The van der Waals surface area contributed by atoms with Crippen molar-refractivity contribution in [2.45, 2.75) is 31.0 Å². The zero-order valence-corrected chi connectivity index (χ0v) is 13.1. The molecule has 0 aliphatic heterocycles. The molecule has 1 aromatic rings. The Kier molecular flexibility index (Phi) is 5.43. The summed E-state index contributed by atoms with van der Waals surface area (Å²) in [7, 11) is 0.820. The molecule has 0 amide bonds. The lowest BCUT2D eigenvalue weighted by atomic mass is 9.92. The van der Waals surface area contributed by atoms with Gasteiger partial charge in [-0.2, -0.15) is 13.2 Å². The lowest BCUT2D eigenvalue weighted by Gasteiger charge is -2.32. The molecular formula is C17H17F3O4. The van der Waals surface area contributed by atoms with E-state index in [0.29, 0.717) is 18.4 Å². The van der Waals surface area contributed by atoms with Gasteiger partial charge in [0.1, 0.15) is 12.4 Å². The summed E-state index contributed by atoms with van der Waals surface area (Å²) in [6, 6.07) is 6.64. The van der Waals surface area contributed by atoms with Crippen LogP contribution in [0.5, 0.6) is 0 Å². The first-order valence-corrected chi connectivity index (χ1v) is 7.35. The Hall–Kier alpha value is -2.15. The fourth-order valence-electron chi connectivity index (χ4n) is 2.54. The Morgan fingerprint density at radius 2 is 1.83 bits per heavy atom. The first kappa shape index (κ1) is 18.2. The number of hydrogen-bond donors (Lipinski definition) is 0. The molecule has 4 nitrogen and oxygen atoms in total. The second-order valence-electron chi connectivity index (χ2n) is 5.43. The minimum atomic E-state index is -4.99. The van der Waals surface area contributed by atoms with Gasteiger partial charge in [0.15, 0.2) is 0 Å². The summed E-state index contributed by atoms with van der Waals surface area (Å²) < 4.78 is 50.5. The number of benzene rings is 1. The smallest absolute Gasteiger partial charge is 0.432 e. The van der Waals surface area contributed by atoms with Gasteiger partial charge in [0.25, 0.3) is 5.60 Å². The summed E-state index contributed by atoms with van der Waals surface area (Å²) in [6.45, 7) is -0.292. The van der Waals surface area contributed by atoms with Gasteiger partial charge < -0.3 is 9.47 Å². The number of ether oxygens (including phenoxy) is 2. The Balaban J connectivity index is 2.24. The molecule has 1 atom stereocenters. The van der Waals surface area contributed by atoms with E-state index in [9.17, 15) is 22.8 Å². The largest absolute Gasteiger partial charge is 0.459 e. The first-order valence-electron chi connectivity index (χ1n) is 7.35. The van der Waals surface area contributed by atoms with Crippen LogP contribution in [0.25, 0.3) is 0 Å². The first-order chi connectivity index (χ1) is 11.3. The fourth-order valence-corrected chi connectivity index (χ4v) is 2.54. The highest BCUT2D eigenvalue weighted by molar-refractivity contribution is 5.83. The quantitative estimate of drug-likeness (QED) is 0.608. The summed E-state index contributed by atoms with van der Waals surface area (Å²) in [6.07, 6.45) is -2.51. The van der Waals surface area contributed by atoms with Gasteiger partial charge in [-0.25, -0.2) is 4.79 Å². The van der Waals surface area contributed by atoms with E-state index < -0.39 is 17.7 Å². The number of alkyl halides is 3. The third kappa shape index (κ3) is 3.51. The predicted molar refractivity (Wildman–Crippen MR) is 79.1 cm³/mol. The molecule has 0 fully saturated rings. The molecule has 1 aliphatic carbocycles. The molecule has 0 spiro atoms. The summed E-state index contributed by atoms with van der Waals surface area (Å²) in [5.74, 6) is -1.47. The SMILES string of the molecule is CO[C@](C(=O)OCC1=CCC(=O)CC1)(c1ccccc1)C(F)(F)F. The number of Topliss-reactive ketones (excluding diaryl/α,β-unsaturated/α-hetero) is 1. The van der Waals surface area contributed by atoms with Crippen LogP contribution in [0.15, 0.2) is 42.0 Å². The maximum Gasteiger partial charge on any atom is 0.432 e. The normalized spacial score (nSPS) is 17.8. The molecule has 7 heteroatoms. The third-order valence-corrected chi connectivity index (χ3v) is 3.91. The molecule has 0 unspecified atom stereocenters. The number of rotatable bonds is 5. The topological polar surface area (TPSA) is 52.6 Å². The highest BCUT2D eigenvalue weighted by atomic mass is 19.4. The van der Waals surface area contributed by atoms with Crippen LogP contribution in [-0.2, 0) is 24.7 Å². The van der Waals surface area contributed by atoms with E-state index in [0.717, 1.165) is 19.2 Å². The van der Waals surface area contributed by atoms with Crippen LogP contribution in [0.4, 0.5) is 13.2 Å². The number of ketones is 1. The molecule has 1 aliphatic rings. The molecular weight excluding hydrogens is 325 g/mol. The van der Waals surface area contributed by atoms with Crippen LogP contribution >= 0.6 is 0 Å². The maximum atomic E-state index is 13.6. The number of hydrogen-bond acceptors (Lipinski definition) is 4. The summed E-state index contributed by atoms with van der Waals surface area (Å²) in [4.78, 5) is 23.4. The van der Waals surface area contributed by atoms with Crippen LogP contribution in [0.3, 0.4) is 0 Å². The second kappa shape index (κ2) is 7.17. The lowest BCUT2D eigenvalue weighted by Crippen LogP contribution is -2.51. The number of allylic oxidation sites excluding steroid dienone is 1. The van der Waals surface area contributed by atoms with Gasteiger partial charge in [0, 0.05) is 25.5 Å². The zero-order chi connectivity index (χ0) is 17.8. The highest BCUT2D eigenvalue weighted by Gasteiger charge is 2.64. The van der Waals surface area contributed by atoms with Crippen molar-refractivity contribution in [2.75, 3.05) is 13.7 Å². The van der Waals surface area contributed by atoms with E-state index in [2.05, 4.69) is 4.74 Å². The number of carbonyl (C=O) groups excluding carboxylic acids is 2. The average Bonchev–Trinajstić information content (AvgIpc) is 2.55. The Bertz CT molecular complexity index is 637. The van der Waals surface area contributed by atoms with Crippen molar-refractivity contribution >= 4 is 11.8 Å². The lowest BCUT2D eigenvalue weighted by molar-refractivity contribution is -0.276. The van der Waals surface area contributed by atoms with E-state index in [-0.39, 0.29) is 24.4 Å². The van der Waals surface area contributed by atoms with Crippen molar-refractivity contribution in [3.8, 4) is 0 Å². The molecule has 1 aromatic carbocycles. The number of carbonyl (C=O) groups is 2. The van der Waals surface area contributed by atoms with E-state index >= 15 is 0 Å². The van der Waals surface area contributed by atoms with Gasteiger partial charge in [-0.05, 0) is 12.0 Å². The van der Waals surface area contributed by atoms with Crippen LogP contribution < -0.4 is 0 Å². The van der Waals surface area contributed by atoms with E-state index in [1.54, 1.807) is 6.08 Å². The van der Waals surface area contributed by atoms with Gasteiger partial charge in [-0.15, -0.1) is 0 Å². The van der Waals surface area contributed by atoms with E-state index in [4.69, 9.17) is 4.74 Å². The molecule has 0 saturated heterocycles. The molecule has 0 heterocycles. The monoisotopic (exact) mass is 342 g/mol. The Morgan fingerprint density at radius 3 is 2.33 bits per heavy atom. The van der Waals surface area contributed by atoms with E-state index in [1.807, 2.05) is 0 Å². The molecule has 0 radical (unpaired) electrons. The molecule has 0 bridgehead atoms. The summed E-state index contributed by atoms with van der Waals surface area (Å²) >= 11 is 0. The summed E-state index contributed by atoms with van der Waals surface area (Å²) in [5, 5.41) is 0. The molecule has 0 aromatic heterocycles. The Morgan fingerprint density at radius 1 is 1.17 bits per heavy atom. The fraction of sp³-hybridized carbons (Fsp3) is 0.412. The predicted octanol–water partition coefficient (Wildman–Crippen LogP) is 3.31. The van der Waals surface area contributed by atoms with Gasteiger partial charge in [-0.1, -0.05) is 36.4 Å². The van der Waals surface area contributed by atoms with Gasteiger partial charge >= 0.3 is 12.1 Å². The van der Waals surface area contributed by atoms with Crippen LogP contribution in [0.2, 0.25) is 0 Å². The van der Waals surface area contributed by atoms with Crippen molar-refractivity contribution in [2.24, 2.45) is 0 Å². The van der Waals surface area contributed by atoms with Crippen molar-refractivity contribution < 1.29 is 32.2 Å². The minimum absolute atomic E-state index is 0.0518. The molecule has 0 N–H and O–H groups in total. The van der Waals surface area contributed by atoms with Gasteiger partial charge in [0.05, 0.1) is 0 Å². The summed E-state index contributed by atoms with van der Waals surface area (Å²) in [5.41, 5.74) is -2.90.